The quantitative estimate of drug-likeness (QED) is 0.659. The molecule has 0 amide bonds. The van der Waals surface area contributed by atoms with Crippen molar-refractivity contribution >= 4 is 29.3 Å². The molecule has 0 aromatic heterocycles. The van der Waals surface area contributed by atoms with Crippen molar-refractivity contribution in [2.45, 2.75) is 32.1 Å². The van der Waals surface area contributed by atoms with E-state index in [4.69, 9.17) is 32.7 Å². The average molecular weight is 329 g/mol. The topological polar surface area (TPSA) is 18.5 Å². The molecule has 0 N–H and O–H groups in total. The van der Waals surface area contributed by atoms with Gasteiger partial charge in [-0.05, 0) is 36.5 Å². The number of alkyl halides is 1. The van der Waals surface area contributed by atoms with Gasteiger partial charge < -0.3 is 9.47 Å². The highest BCUT2D eigenvalue weighted by Gasteiger charge is 2.18. The molecule has 2 rings (SSSR count). The van der Waals surface area contributed by atoms with E-state index in [0.29, 0.717) is 28.3 Å². The molecule has 0 unspecified atom stereocenters. The first-order valence-electron chi connectivity index (χ1n) is 7.38. The first-order chi connectivity index (χ1) is 10.2. The smallest absolute Gasteiger partial charge is 0.179 e. The molecule has 1 saturated carbocycles. The van der Waals surface area contributed by atoms with Gasteiger partial charge in [0.1, 0.15) is 0 Å². The number of allylic oxidation sites excluding steroid dienone is 1. The minimum atomic E-state index is 0.551. The lowest BCUT2D eigenvalue weighted by molar-refractivity contribution is 0.355. The van der Waals surface area contributed by atoms with E-state index < -0.39 is 0 Å². The summed E-state index contributed by atoms with van der Waals surface area (Å²) in [6, 6.07) is 3.84. The maximum absolute atomic E-state index is 6.44. The van der Waals surface area contributed by atoms with Crippen LogP contribution in [0.15, 0.2) is 17.7 Å². The summed E-state index contributed by atoms with van der Waals surface area (Å²) < 4.78 is 10.6. The summed E-state index contributed by atoms with van der Waals surface area (Å²) >= 11 is 12.6. The van der Waals surface area contributed by atoms with E-state index >= 15 is 0 Å². The van der Waals surface area contributed by atoms with Crippen LogP contribution >= 0.6 is 23.2 Å². The Bertz CT molecular complexity index is 506. The second-order valence-corrected chi connectivity index (χ2v) is 6.04. The minimum Gasteiger partial charge on any atom is -0.493 e. The third-order valence-electron chi connectivity index (χ3n) is 4.14. The van der Waals surface area contributed by atoms with Gasteiger partial charge in [-0.2, -0.15) is 0 Å². The highest BCUT2D eigenvalue weighted by atomic mass is 35.5. The van der Waals surface area contributed by atoms with Gasteiger partial charge in [0.05, 0.1) is 19.2 Å². The van der Waals surface area contributed by atoms with Gasteiger partial charge in [0, 0.05) is 5.88 Å². The van der Waals surface area contributed by atoms with Gasteiger partial charge in [-0.15, -0.1) is 11.6 Å². The highest BCUT2D eigenvalue weighted by molar-refractivity contribution is 6.33. The molecule has 0 bridgehead atoms. The Hall–Kier alpha value is -0.860. The molecule has 1 aliphatic rings. The van der Waals surface area contributed by atoms with Crippen LogP contribution in [0.5, 0.6) is 11.5 Å². The van der Waals surface area contributed by atoms with E-state index in [2.05, 4.69) is 6.08 Å². The number of rotatable bonds is 5. The maximum Gasteiger partial charge on any atom is 0.179 e. The van der Waals surface area contributed by atoms with Gasteiger partial charge in [0.25, 0.3) is 0 Å². The highest BCUT2D eigenvalue weighted by Crippen LogP contribution is 2.39. The largest absolute Gasteiger partial charge is 0.493 e. The fourth-order valence-electron chi connectivity index (χ4n) is 2.95. The predicted molar refractivity (Wildman–Crippen MR) is 89.8 cm³/mol. The van der Waals surface area contributed by atoms with Crippen LogP contribution in [0.1, 0.15) is 37.7 Å². The van der Waals surface area contributed by atoms with Crippen LogP contribution in [0.2, 0.25) is 5.02 Å². The van der Waals surface area contributed by atoms with E-state index in [0.717, 1.165) is 5.56 Å². The van der Waals surface area contributed by atoms with Crippen LogP contribution in [-0.2, 0) is 0 Å². The zero-order valence-electron chi connectivity index (χ0n) is 12.6. The van der Waals surface area contributed by atoms with Crippen molar-refractivity contribution in [2.24, 2.45) is 5.92 Å². The Morgan fingerprint density at radius 1 is 1.19 bits per heavy atom. The molecule has 0 radical (unpaired) electrons. The average Bonchev–Trinajstić information content (AvgIpc) is 2.54. The van der Waals surface area contributed by atoms with Crippen molar-refractivity contribution in [2.75, 3.05) is 20.1 Å². The Morgan fingerprint density at radius 3 is 2.48 bits per heavy atom. The maximum atomic E-state index is 6.44. The molecular weight excluding hydrogens is 307 g/mol. The molecule has 1 aromatic carbocycles. The van der Waals surface area contributed by atoms with Crippen LogP contribution in [0, 0.1) is 5.92 Å². The summed E-state index contributed by atoms with van der Waals surface area (Å²) in [6.07, 6.45) is 8.49. The number of hydrogen-bond acceptors (Lipinski definition) is 2. The van der Waals surface area contributed by atoms with Crippen molar-refractivity contribution in [1.82, 2.24) is 0 Å². The molecule has 0 atom stereocenters. The van der Waals surface area contributed by atoms with Gasteiger partial charge in [0.2, 0.25) is 0 Å². The summed E-state index contributed by atoms with van der Waals surface area (Å²) in [4.78, 5) is 0. The number of benzene rings is 1. The van der Waals surface area contributed by atoms with Gasteiger partial charge in [-0.25, -0.2) is 0 Å². The Kier molecular flexibility index (Phi) is 6.25. The first kappa shape index (κ1) is 16.5. The van der Waals surface area contributed by atoms with Crippen molar-refractivity contribution < 1.29 is 9.47 Å². The summed E-state index contributed by atoms with van der Waals surface area (Å²) in [5.41, 5.74) is 2.21. The third-order valence-corrected chi connectivity index (χ3v) is 4.84. The molecule has 0 spiro atoms. The lowest BCUT2D eigenvalue weighted by Crippen LogP contribution is -2.10. The van der Waals surface area contributed by atoms with Crippen LogP contribution < -0.4 is 9.47 Å². The van der Waals surface area contributed by atoms with E-state index in [1.165, 1.54) is 37.7 Å². The molecule has 0 heterocycles. The Morgan fingerprint density at radius 2 is 1.90 bits per heavy atom. The molecule has 1 aromatic rings. The molecule has 0 aliphatic heterocycles. The number of ether oxygens (including phenoxy) is 2. The fourth-order valence-corrected chi connectivity index (χ4v) is 3.54. The van der Waals surface area contributed by atoms with Crippen molar-refractivity contribution in [3.63, 3.8) is 0 Å². The molecule has 1 aliphatic carbocycles. The third kappa shape index (κ3) is 3.87. The zero-order chi connectivity index (χ0) is 15.2. The zero-order valence-corrected chi connectivity index (χ0v) is 14.1. The molecule has 1 fully saturated rings. The number of hydrogen-bond donors (Lipinski definition) is 0. The van der Waals surface area contributed by atoms with Gasteiger partial charge in [-0.1, -0.05) is 42.5 Å². The molecular formula is C17H22Cl2O2. The fraction of sp³-hybridized carbons (Fsp3) is 0.529. The van der Waals surface area contributed by atoms with Crippen LogP contribution in [0.4, 0.5) is 0 Å². The molecule has 21 heavy (non-hydrogen) atoms. The van der Waals surface area contributed by atoms with E-state index in [1.54, 1.807) is 14.2 Å². The Labute approximate surface area is 137 Å². The molecule has 2 nitrogen and oxygen atoms in total. The van der Waals surface area contributed by atoms with Crippen LogP contribution in [0.3, 0.4) is 0 Å². The monoisotopic (exact) mass is 328 g/mol. The van der Waals surface area contributed by atoms with Crippen molar-refractivity contribution in [1.29, 1.82) is 0 Å². The predicted octanol–water partition coefficient (Wildman–Crippen LogP) is 5.56. The van der Waals surface area contributed by atoms with E-state index in [1.807, 2.05) is 12.1 Å². The second kappa shape index (κ2) is 7.95. The summed E-state index contributed by atoms with van der Waals surface area (Å²) in [7, 11) is 3.21. The normalized spacial score (nSPS) is 16.9. The number of methoxy groups -OCH3 is 2. The SMILES string of the molecule is COc1ccc(/C=C(/CCl)C2CCCCC2)c(Cl)c1OC. The van der Waals surface area contributed by atoms with Crippen LogP contribution in [-0.4, -0.2) is 20.1 Å². The second-order valence-electron chi connectivity index (χ2n) is 5.39. The lowest BCUT2D eigenvalue weighted by Gasteiger charge is -2.23. The molecule has 116 valence electrons. The van der Waals surface area contributed by atoms with E-state index in [-0.39, 0.29) is 0 Å². The Balaban J connectivity index is 2.33. The van der Waals surface area contributed by atoms with E-state index in [9.17, 15) is 0 Å². The molecule has 4 heteroatoms. The minimum absolute atomic E-state index is 0.551. The lowest BCUT2D eigenvalue weighted by atomic mass is 9.83. The van der Waals surface area contributed by atoms with Gasteiger partial charge in [-0.3, -0.25) is 0 Å². The van der Waals surface area contributed by atoms with Crippen molar-refractivity contribution in [3.05, 3.63) is 28.3 Å². The van der Waals surface area contributed by atoms with Crippen LogP contribution in [0.25, 0.3) is 6.08 Å². The van der Waals surface area contributed by atoms with Gasteiger partial charge >= 0.3 is 0 Å². The first-order valence-corrected chi connectivity index (χ1v) is 8.29. The number of halogens is 2. The summed E-state index contributed by atoms with van der Waals surface area (Å²) in [5.74, 6) is 2.35. The summed E-state index contributed by atoms with van der Waals surface area (Å²) in [5, 5.41) is 0.579. The van der Waals surface area contributed by atoms with Gasteiger partial charge in [0.15, 0.2) is 11.5 Å². The van der Waals surface area contributed by atoms with Crippen molar-refractivity contribution in [3.8, 4) is 11.5 Å². The molecule has 0 saturated heterocycles. The summed E-state index contributed by atoms with van der Waals surface area (Å²) in [6.45, 7) is 0. The standard InChI is InChI=1S/C17H22Cl2O2/c1-20-15-9-8-13(16(19)17(15)21-2)10-14(11-18)12-6-4-3-5-7-12/h8-10,12H,3-7,11H2,1-2H3/b14-10-.